The Morgan fingerprint density at radius 1 is 1.61 bits per heavy atom. The average Bonchev–Trinajstić information content (AvgIpc) is 2.34. The van der Waals surface area contributed by atoms with Crippen LogP contribution in [0.15, 0.2) is 18.2 Å². The third-order valence-electron chi connectivity index (χ3n) is 2.27. The van der Waals surface area contributed by atoms with Crippen LogP contribution in [0.2, 0.25) is 0 Å². The van der Waals surface area contributed by atoms with Gasteiger partial charge in [-0.25, -0.2) is 4.39 Å². The van der Waals surface area contributed by atoms with Crippen LogP contribution in [0, 0.1) is 21.8 Å². The van der Waals surface area contributed by atoms with Gasteiger partial charge in [0.1, 0.15) is 11.4 Å². The van der Waals surface area contributed by atoms with Gasteiger partial charge in [-0.05, 0) is 18.1 Å². The van der Waals surface area contributed by atoms with Crippen molar-refractivity contribution in [2.75, 3.05) is 11.9 Å². The molecule has 0 aliphatic heterocycles. The molecule has 1 aromatic carbocycles. The normalized spacial score (nSPS) is 11.9. The lowest BCUT2D eigenvalue weighted by Gasteiger charge is -2.09. The molecule has 0 bridgehead atoms. The van der Waals surface area contributed by atoms with Crippen molar-refractivity contribution >= 4 is 27.5 Å². The number of alkyl halides is 1. The van der Waals surface area contributed by atoms with Crippen molar-refractivity contribution in [3.05, 3.63) is 39.7 Å². The number of hydrogen-bond donors (Lipinski definition) is 1. The maximum Gasteiger partial charge on any atom is 0.282 e. The molecule has 1 amide bonds. The summed E-state index contributed by atoms with van der Waals surface area (Å²) in [5, 5.41) is 14.0. The lowest BCUT2D eigenvalue weighted by atomic mass is 10.1. The molecular weight excluding hydrogens is 307 g/mol. The molecule has 0 fully saturated rings. The van der Waals surface area contributed by atoms with Crippen LogP contribution in [-0.2, 0) is 0 Å². The smallest absolute Gasteiger partial charge is 0.282 e. The molecule has 0 aliphatic rings. The molecule has 1 atom stereocenters. The topological polar surface area (TPSA) is 72.2 Å². The highest BCUT2D eigenvalue weighted by molar-refractivity contribution is 9.09. The van der Waals surface area contributed by atoms with Gasteiger partial charge >= 0.3 is 0 Å². The Bertz CT molecular complexity index is 468. The molecule has 0 saturated carbocycles. The third kappa shape index (κ3) is 3.76. The van der Waals surface area contributed by atoms with Crippen LogP contribution in [0.5, 0.6) is 0 Å². The van der Waals surface area contributed by atoms with Crippen molar-refractivity contribution in [3.63, 3.8) is 0 Å². The number of carbonyl (C=O) groups excluding carboxylic acids is 1. The molecule has 1 N–H and O–H groups in total. The number of nitro benzene ring substituents is 1. The van der Waals surface area contributed by atoms with E-state index in [4.69, 9.17) is 0 Å². The van der Waals surface area contributed by atoms with Gasteiger partial charge in [0.2, 0.25) is 0 Å². The van der Waals surface area contributed by atoms with Crippen LogP contribution in [0.1, 0.15) is 17.3 Å². The number of nitrogens with zero attached hydrogens (tertiary/aromatic N) is 1. The molecule has 1 rings (SSSR count). The molecule has 0 spiro atoms. The highest BCUT2D eigenvalue weighted by Gasteiger charge is 2.20. The molecule has 0 heterocycles. The molecule has 1 unspecified atom stereocenters. The van der Waals surface area contributed by atoms with Gasteiger partial charge in [-0.15, -0.1) is 0 Å². The second-order valence-corrected chi connectivity index (χ2v) is 4.54. The lowest BCUT2D eigenvalue weighted by Crippen LogP contribution is -2.29. The summed E-state index contributed by atoms with van der Waals surface area (Å²) in [5.41, 5.74) is -0.665. The molecule has 0 aromatic heterocycles. The zero-order chi connectivity index (χ0) is 13.7. The van der Waals surface area contributed by atoms with E-state index in [1.807, 2.05) is 6.92 Å². The van der Waals surface area contributed by atoms with Gasteiger partial charge in [0.25, 0.3) is 11.6 Å². The zero-order valence-electron chi connectivity index (χ0n) is 9.65. The molecule has 18 heavy (non-hydrogen) atoms. The van der Waals surface area contributed by atoms with E-state index in [2.05, 4.69) is 21.2 Å². The maximum absolute atomic E-state index is 13.0. The van der Waals surface area contributed by atoms with Crippen molar-refractivity contribution in [2.24, 2.45) is 5.92 Å². The standard InChI is InChI=1S/C11H12BrFN2O3/c1-7(5-12)6-14-11(16)9-4-8(13)2-3-10(9)15(17)18/h2-4,7H,5-6H2,1H3,(H,14,16). The first kappa shape index (κ1) is 14.6. The Morgan fingerprint density at radius 2 is 2.28 bits per heavy atom. The number of amides is 1. The SMILES string of the molecule is CC(CBr)CNC(=O)c1cc(F)ccc1[N+](=O)[O-]. The molecule has 98 valence electrons. The average molecular weight is 319 g/mol. The van der Waals surface area contributed by atoms with Gasteiger partial charge in [0.05, 0.1) is 4.92 Å². The van der Waals surface area contributed by atoms with E-state index in [1.54, 1.807) is 0 Å². The van der Waals surface area contributed by atoms with Crippen LogP contribution >= 0.6 is 15.9 Å². The van der Waals surface area contributed by atoms with Crippen molar-refractivity contribution in [1.82, 2.24) is 5.32 Å². The maximum atomic E-state index is 13.0. The number of nitro groups is 1. The fourth-order valence-electron chi connectivity index (χ4n) is 1.27. The van der Waals surface area contributed by atoms with E-state index >= 15 is 0 Å². The molecule has 7 heteroatoms. The first-order valence-electron chi connectivity index (χ1n) is 5.23. The minimum Gasteiger partial charge on any atom is -0.352 e. The predicted molar refractivity (Wildman–Crippen MR) is 68.3 cm³/mol. The molecule has 0 saturated heterocycles. The first-order chi connectivity index (χ1) is 8.45. The molecule has 5 nitrogen and oxygen atoms in total. The van der Waals surface area contributed by atoms with Crippen LogP contribution in [0.25, 0.3) is 0 Å². The van der Waals surface area contributed by atoms with Crippen molar-refractivity contribution in [1.29, 1.82) is 0 Å². The largest absolute Gasteiger partial charge is 0.352 e. The van der Waals surface area contributed by atoms with E-state index < -0.39 is 22.3 Å². The zero-order valence-corrected chi connectivity index (χ0v) is 11.2. The van der Waals surface area contributed by atoms with Crippen LogP contribution in [0.3, 0.4) is 0 Å². The summed E-state index contributed by atoms with van der Waals surface area (Å²) in [5.74, 6) is -1.14. The Morgan fingerprint density at radius 3 is 2.83 bits per heavy atom. The fourth-order valence-corrected chi connectivity index (χ4v) is 1.49. The minimum atomic E-state index is -0.706. The molecular formula is C11H12BrFN2O3. The Hall–Kier alpha value is -1.50. The first-order valence-corrected chi connectivity index (χ1v) is 6.36. The quantitative estimate of drug-likeness (QED) is 0.515. The Balaban J connectivity index is 2.90. The molecule has 0 aliphatic carbocycles. The minimum absolute atomic E-state index is 0.182. The molecule has 1 aromatic rings. The second-order valence-electron chi connectivity index (χ2n) is 3.89. The van der Waals surface area contributed by atoms with Crippen molar-refractivity contribution in [2.45, 2.75) is 6.92 Å². The summed E-state index contributed by atoms with van der Waals surface area (Å²) in [6.45, 7) is 2.26. The van der Waals surface area contributed by atoms with E-state index in [0.717, 1.165) is 18.2 Å². The van der Waals surface area contributed by atoms with Crippen LogP contribution < -0.4 is 5.32 Å². The van der Waals surface area contributed by atoms with Gasteiger partial charge in [-0.2, -0.15) is 0 Å². The number of rotatable bonds is 5. The summed E-state index contributed by atoms with van der Waals surface area (Å²) < 4.78 is 13.0. The number of hydrogen-bond acceptors (Lipinski definition) is 3. The summed E-state index contributed by atoms with van der Waals surface area (Å²) >= 11 is 3.25. The van der Waals surface area contributed by atoms with Crippen LogP contribution in [0.4, 0.5) is 10.1 Å². The van der Waals surface area contributed by atoms with Gasteiger partial charge in [0.15, 0.2) is 0 Å². The van der Waals surface area contributed by atoms with Gasteiger partial charge in [0, 0.05) is 17.9 Å². The van der Waals surface area contributed by atoms with Gasteiger partial charge < -0.3 is 5.32 Å². The van der Waals surface area contributed by atoms with E-state index in [9.17, 15) is 19.3 Å². The number of nitrogens with one attached hydrogen (secondary N) is 1. The van der Waals surface area contributed by atoms with Crippen LogP contribution in [-0.4, -0.2) is 22.7 Å². The monoisotopic (exact) mass is 318 g/mol. The van der Waals surface area contributed by atoms with E-state index in [0.29, 0.717) is 11.9 Å². The lowest BCUT2D eigenvalue weighted by molar-refractivity contribution is -0.385. The Kier molecular flexibility index (Phi) is 5.21. The number of halogens is 2. The highest BCUT2D eigenvalue weighted by Crippen LogP contribution is 2.19. The summed E-state index contributed by atoms with van der Waals surface area (Å²) in [7, 11) is 0. The summed E-state index contributed by atoms with van der Waals surface area (Å²) in [6, 6.07) is 2.81. The second kappa shape index (κ2) is 6.44. The van der Waals surface area contributed by atoms with Gasteiger partial charge in [-0.3, -0.25) is 14.9 Å². The summed E-state index contributed by atoms with van der Waals surface area (Å²) in [4.78, 5) is 21.8. The summed E-state index contributed by atoms with van der Waals surface area (Å²) in [6.07, 6.45) is 0. The molecule has 0 radical (unpaired) electrons. The Labute approximate surface area is 112 Å². The number of benzene rings is 1. The fraction of sp³-hybridized carbons (Fsp3) is 0.364. The van der Waals surface area contributed by atoms with Crippen molar-refractivity contribution < 1.29 is 14.1 Å². The van der Waals surface area contributed by atoms with E-state index in [-0.39, 0.29) is 11.5 Å². The highest BCUT2D eigenvalue weighted by atomic mass is 79.9. The van der Waals surface area contributed by atoms with Gasteiger partial charge in [-0.1, -0.05) is 22.9 Å². The third-order valence-corrected chi connectivity index (χ3v) is 3.38. The van der Waals surface area contributed by atoms with Crippen molar-refractivity contribution in [3.8, 4) is 0 Å². The van der Waals surface area contributed by atoms with E-state index in [1.165, 1.54) is 0 Å². The predicted octanol–water partition coefficient (Wildman–Crippen LogP) is 2.49. The number of carbonyl (C=O) groups is 1.